The quantitative estimate of drug-likeness (QED) is 0.906. The van der Waals surface area contributed by atoms with Crippen LogP contribution in [0.3, 0.4) is 0 Å². The topological polar surface area (TPSA) is 83.4 Å². The highest BCUT2D eigenvalue weighted by molar-refractivity contribution is 6.05. The summed E-state index contributed by atoms with van der Waals surface area (Å²) in [5.74, 6) is -1.19. The molecule has 110 valence electrons. The van der Waals surface area contributed by atoms with Gasteiger partial charge in [0.1, 0.15) is 12.1 Å². The largest absolute Gasteiger partial charge is 0.480 e. The second-order valence-corrected chi connectivity index (χ2v) is 5.20. The molecule has 0 saturated carbocycles. The molecule has 1 heterocycles. The standard InChI is InChI=1S/C15H17N3O3/c1-10(2)8-18(9-13(19)20)15(21)11-4-3-5-12-14(11)17-7-6-16-12/h3-7,10H,8-9H2,1-2H3,(H,19,20). The molecule has 0 aliphatic heterocycles. The fourth-order valence-corrected chi connectivity index (χ4v) is 2.16. The van der Waals surface area contributed by atoms with E-state index in [9.17, 15) is 9.59 Å². The number of hydrogen-bond acceptors (Lipinski definition) is 4. The Morgan fingerprint density at radius 2 is 1.95 bits per heavy atom. The van der Waals surface area contributed by atoms with E-state index >= 15 is 0 Å². The first kappa shape index (κ1) is 14.9. The van der Waals surface area contributed by atoms with Gasteiger partial charge in [-0.2, -0.15) is 0 Å². The lowest BCUT2D eigenvalue weighted by Crippen LogP contribution is -2.38. The van der Waals surface area contributed by atoms with Gasteiger partial charge in [0.05, 0.1) is 11.1 Å². The summed E-state index contributed by atoms with van der Waals surface area (Å²) in [5.41, 5.74) is 1.48. The van der Waals surface area contributed by atoms with Crippen LogP contribution in [0.15, 0.2) is 30.6 Å². The Kier molecular flexibility index (Phi) is 4.47. The zero-order valence-electron chi connectivity index (χ0n) is 12.0. The molecule has 2 aromatic rings. The summed E-state index contributed by atoms with van der Waals surface area (Å²) in [6.45, 7) is 3.92. The van der Waals surface area contributed by atoms with E-state index in [-0.39, 0.29) is 18.4 Å². The van der Waals surface area contributed by atoms with Gasteiger partial charge in [-0.15, -0.1) is 0 Å². The Morgan fingerprint density at radius 1 is 1.24 bits per heavy atom. The van der Waals surface area contributed by atoms with Crippen LogP contribution in [0.5, 0.6) is 0 Å². The molecule has 1 N–H and O–H groups in total. The molecule has 0 aliphatic rings. The van der Waals surface area contributed by atoms with E-state index in [1.807, 2.05) is 13.8 Å². The van der Waals surface area contributed by atoms with Crippen LogP contribution in [-0.4, -0.2) is 44.9 Å². The van der Waals surface area contributed by atoms with Gasteiger partial charge in [0.15, 0.2) is 0 Å². The minimum absolute atomic E-state index is 0.175. The van der Waals surface area contributed by atoms with Crippen molar-refractivity contribution in [2.45, 2.75) is 13.8 Å². The maximum atomic E-state index is 12.6. The summed E-state index contributed by atoms with van der Waals surface area (Å²) in [6.07, 6.45) is 3.07. The van der Waals surface area contributed by atoms with Crippen molar-refractivity contribution in [3.05, 3.63) is 36.2 Å². The average Bonchev–Trinajstić information content (AvgIpc) is 2.44. The van der Waals surface area contributed by atoms with Crippen LogP contribution in [-0.2, 0) is 4.79 Å². The van der Waals surface area contributed by atoms with Crippen molar-refractivity contribution in [3.8, 4) is 0 Å². The zero-order valence-corrected chi connectivity index (χ0v) is 12.0. The second-order valence-electron chi connectivity index (χ2n) is 5.20. The van der Waals surface area contributed by atoms with Crippen LogP contribution >= 0.6 is 0 Å². The van der Waals surface area contributed by atoms with Gasteiger partial charge >= 0.3 is 5.97 Å². The monoisotopic (exact) mass is 287 g/mol. The number of carbonyl (C=O) groups is 2. The Balaban J connectivity index is 2.40. The summed E-state index contributed by atoms with van der Waals surface area (Å²) in [6, 6.07) is 5.14. The number of rotatable bonds is 5. The van der Waals surface area contributed by atoms with Gasteiger partial charge in [0.25, 0.3) is 5.91 Å². The Labute approximate surface area is 122 Å². The number of aromatic nitrogens is 2. The molecule has 21 heavy (non-hydrogen) atoms. The summed E-state index contributed by atoms with van der Waals surface area (Å²) < 4.78 is 0. The van der Waals surface area contributed by atoms with Crippen molar-refractivity contribution in [2.24, 2.45) is 5.92 Å². The third-order valence-electron chi connectivity index (χ3n) is 2.93. The number of amides is 1. The van der Waals surface area contributed by atoms with Crippen molar-refractivity contribution in [1.29, 1.82) is 0 Å². The molecule has 0 atom stereocenters. The number of carbonyl (C=O) groups excluding carboxylic acids is 1. The van der Waals surface area contributed by atoms with Gasteiger partial charge < -0.3 is 10.0 Å². The van der Waals surface area contributed by atoms with Crippen LogP contribution in [0.4, 0.5) is 0 Å². The number of carboxylic acid groups (broad SMARTS) is 1. The van der Waals surface area contributed by atoms with Crippen molar-refractivity contribution < 1.29 is 14.7 Å². The summed E-state index contributed by atoms with van der Waals surface area (Å²) in [5, 5.41) is 8.98. The van der Waals surface area contributed by atoms with Crippen molar-refractivity contribution >= 4 is 22.9 Å². The van der Waals surface area contributed by atoms with Gasteiger partial charge in [-0.3, -0.25) is 19.6 Å². The van der Waals surface area contributed by atoms with Gasteiger partial charge in [-0.25, -0.2) is 0 Å². The number of aliphatic carboxylic acids is 1. The summed E-state index contributed by atoms with van der Waals surface area (Å²) in [4.78, 5) is 33.3. The molecule has 0 fully saturated rings. The smallest absolute Gasteiger partial charge is 0.323 e. The molecular formula is C15H17N3O3. The maximum Gasteiger partial charge on any atom is 0.323 e. The third-order valence-corrected chi connectivity index (χ3v) is 2.93. The molecule has 1 amide bonds. The highest BCUT2D eigenvalue weighted by atomic mass is 16.4. The van der Waals surface area contributed by atoms with E-state index < -0.39 is 5.97 Å². The maximum absolute atomic E-state index is 12.6. The van der Waals surface area contributed by atoms with E-state index in [1.54, 1.807) is 24.4 Å². The molecule has 6 nitrogen and oxygen atoms in total. The van der Waals surface area contributed by atoms with Crippen molar-refractivity contribution in [3.63, 3.8) is 0 Å². The predicted molar refractivity (Wildman–Crippen MR) is 77.9 cm³/mol. The van der Waals surface area contributed by atoms with Crippen LogP contribution < -0.4 is 0 Å². The SMILES string of the molecule is CC(C)CN(CC(=O)O)C(=O)c1cccc2nccnc12. The van der Waals surface area contributed by atoms with E-state index in [0.717, 1.165) is 0 Å². The number of para-hydroxylation sites is 1. The predicted octanol–water partition coefficient (Wildman–Crippen LogP) is 1.81. The molecule has 0 aliphatic carbocycles. The molecular weight excluding hydrogens is 270 g/mol. The van der Waals surface area contributed by atoms with Crippen LogP contribution in [0.25, 0.3) is 11.0 Å². The highest BCUT2D eigenvalue weighted by Gasteiger charge is 2.21. The summed E-state index contributed by atoms with van der Waals surface area (Å²) in [7, 11) is 0. The van der Waals surface area contributed by atoms with Crippen molar-refractivity contribution in [2.75, 3.05) is 13.1 Å². The molecule has 0 bridgehead atoms. The lowest BCUT2D eigenvalue weighted by molar-refractivity contribution is -0.137. The number of nitrogens with zero attached hydrogens (tertiary/aromatic N) is 3. The van der Waals surface area contributed by atoms with Gasteiger partial charge in [-0.05, 0) is 18.1 Å². The zero-order chi connectivity index (χ0) is 15.4. The van der Waals surface area contributed by atoms with Crippen LogP contribution in [0, 0.1) is 5.92 Å². The van der Waals surface area contributed by atoms with Crippen LogP contribution in [0.1, 0.15) is 24.2 Å². The second kappa shape index (κ2) is 6.30. The molecule has 0 saturated heterocycles. The fraction of sp³-hybridized carbons (Fsp3) is 0.333. The first-order valence-corrected chi connectivity index (χ1v) is 6.70. The normalized spacial score (nSPS) is 10.8. The fourth-order valence-electron chi connectivity index (χ4n) is 2.16. The van der Waals surface area contributed by atoms with Gasteiger partial charge in [0.2, 0.25) is 0 Å². The third kappa shape index (κ3) is 3.53. The molecule has 0 spiro atoms. The average molecular weight is 287 g/mol. The summed E-state index contributed by atoms with van der Waals surface area (Å²) >= 11 is 0. The molecule has 0 unspecified atom stereocenters. The first-order chi connectivity index (χ1) is 9.99. The van der Waals surface area contributed by atoms with E-state index in [1.165, 1.54) is 11.1 Å². The lowest BCUT2D eigenvalue weighted by atomic mass is 10.1. The van der Waals surface area contributed by atoms with E-state index in [2.05, 4.69) is 9.97 Å². The Morgan fingerprint density at radius 3 is 2.62 bits per heavy atom. The Bertz CT molecular complexity index is 665. The van der Waals surface area contributed by atoms with Gasteiger partial charge in [-0.1, -0.05) is 19.9 Å². The van der Waals surface area contributed by atoms with E-state index in [0.29, 0.717) is 23.1 Å². The lowest BCUT2D eigenvalue weighted by Gasteiger charge is -2.23. The van der Waals surface area contributed by atoms with E-state index in [4.69, 9.17) is 5.11 Å². The number of carboxylic acids is 1. The van der Waals surface area contributed by atoms with Crippen molar-refractivity contribution in [1.82, 2.24) is 14.9 Å². The molecule has 1 aromatic carbocycles. The first-order valence-electron chi connectivity index (χ1n) is 6.70. The minimum atomic E-state index is -1.03. The molecule has 6 heteroatoms. The molecule has 1 aromatic heterocycles. The number of fused-ring (bicyclic) bond motifs is 1. The Hall–Kier alpha value is -2.50. The minimum Gasteiger partial charge on any atom is -0.480 e. The van der Waals surface area contributed by atoms with Gasteiger partial charge in [0, 0.05) is 18.9 Å². The molecule has 0 radical (unpaired) electrons. The van der Waals surface area contributed by atoms with Crippen LogP contribution in [0.2, 0.25) is 0 Å². The number of hydrogen-bond donors (Lipinski definition) is 1. The highest BCUT2D eigenvalue weighted by Crippen LogP contribution is 2.16. The number of benzene rings is 1. The molecule has 2 rings (SSSR count).